The van der Waals surface area contributed by atoms with E-state index in [9.17, 15) is 29.1 Å². The number of carboxylic acids is 1. The summed E-state index contributed by atoms with van der Waals surface area (Å²) in [6.45, 7) is 5.63. The number of nitrogens with two attached hydrogens (primary N) is 3. The molecule has 4 unspecified atom stereocenters. The van der Waals surface area contributed by atoms with E-state index < -0.39 is 53.8 Å². The first kappa shape index (κ1) is 29.3. The fourth-order valence-electron chi connectivity index (χ4n) is 2.84. The Hall–Kier alpha value is -2.73. The molecule has 0 bridgehead atoms. The molecule has 0 fully saturated rings. The average molecular weight is 459 g/mol. The molecule has 4 atom stereocenters. The fraction of sp³-hybridized carbons (Fsp3) is 0.750. The van der Waals surface area contributed by atoms with Crippen LogP contribution in [-0.2, 0) is 24.0 Å². The number of hydrogen-bond donors (Lipinski definition) is 7. The van der Waals surface area contributed by atoms with Gasteiger partial charge in [-0.1, -0.05) is 20.3 Å². The van der Waals surface area contributed by atoms with E-state index in [-0.39, 0.29) is 18.8 Å². The van der Waals surface area contributed by atoms with Crippen LogP contribution in [0.3, 0.4) is 0 Å². The van der Waals surface area contributed by atoms with Gasteiger partial charge in [0.05, 0.1) is 6.04 Å². The summed E-state index contributed by atoms with van der Waals surface area (Å²) in [5.41, 5.74) is 16.3. The lowest BCUT2D eigenvalue weighted by Crippen LogP contribution is -2.56. The standard InChI is InChI=1S/C20H38N6O6/c1-11(2)10-15(26-18(29)13(22)6-4-5-9-21)19(30)24-12(3)17(28)25-14(20(31)32)7-8-16(23)27/h11-15H,4-10,21-22H2,1-3H3,(H2,23,27)(H,24,30)(H,25,28)(H,26,29)(H,31,32). The lowest BCUT2D eigenvalue weighted by Gasteiger charge is -2.24. The summed E-state index contributed by atoms with van der Waals surface area (Å²) in [6.07, 6.45) is 1.78. The lowest BCUT2D eigenvalue weighted by molar-refractivity contribution is -0.142. The molecule has 0 aromatic rings. The molecule has 0 radical (unpaired) electrons. The molecule has 10 N–H and O–H groups in total. The van der Waals surface area contributed by atoms with Crippen molar-refractivity contribution in [2.24, 2.45) is 23.1 Å². The Morgan fingerprint density at radius 3 is 1.94 bits per heavy atom. The maximum absolute atomic E-state index is 12.7. The minimum Gasteiger partial charge on any atom is -0.480 e. The Kier molecular flexibility index (Phi) is 13.8. The van der Waals surface area contributed by atoms with Gasteiger partial charge in [0, 0.05) is 6.42 Å². The molecule has 32 heavy (non-hydrogen) atoms. The minimum absolute atomic E-state index is 0.0637. The normalized spacial score (nSPS) is 14.7. The van der Waals surface area contributed by atoms with Crippen LogP contribution in [-0.4, -0.2) is 65.4 Å². The van der Waals surface area contributed by atoms with Gasteiger partial charge in [0.15, 0.2) is 0 Å². The maximum Gasteiger partial charge on any atom is 0.326 e. The van der Waals surface area contributed by atoms with Crippen molar-refractivity contribution in [3.8, 4) is 0 Å². The second kappa shape index (κ2) is 15.1. The highest BCUT2D eigenvalue weighted by Crippen LogP contribution is 2.07. The number of carbonyl (C=O) groups excluding carboxylic acids is 4. The molecule has 0 aliphatic carbocycles. The predicted octanol–water partition coefficient (Wildman–Crippen LogP) is -1.69. The van der Waals surface area contributed by atoms with Crippen LogP contribution < -0.4 is 33.2 Å². The number of hydrogen-bond acceptors (Lipinski definition) is 7. The third-order valence-corrected chi connectivity index (χ3v) is 4.69. The molecule has 0 heterocycles. The molecule has 0 rings (SSSR count). The topological polar surface area (TPSA) is 220 Å². The van der Waals surface area contributed by atoms with E-state index >= 15 is 0 Å². The highest BCUT2D eigenvalue weighted by atomic mass is 16.4. The Balaban J connectivity index is 5.00. The zero-order valence-corrected chi connectivity index (χ0v) is 19.1. The minimum atomic E-state index is -1.33. The van der Waals surface area contributed by atoms with Gasteiger partial charge in [-0.05, 0) is 45.1 Å². The SMILES string of the molecule is CC(C)CC(NC(=O)C(N)CCCCN)C(=O)NC(C)C(=O)NC(CCC(N)=O)C(=O)O. The van der Waals surface area contributed by atoms with E-state index in [4.69, 9.17) is 17.2 Å². The summed E-state index contributed by atoms with van der Waals surface area (Å²) < 4.78 is 0. The van der Waals surface area contributed by atoms with Crippen molar-refractivity contribution in [2.45, 2.75) is 83.5 Å². The monoisotopic (exact) mass is 458 g/mol. The van der Waals surface area contributed by atoms with E-state index in [1.165, 1.54) is 6.92 Å². The zero-order chi connectivity index (χ0) is 24.8. The summed E-state index contributed by atoms with van der Waals surface area (Å²) in [7, 11) is 0. The van der Waals surface area contributed by atoms with Crippen molar-refractivity contribution < 1.29 is 29.1 Å². The van der Waals surface area contributed by atoms with Crippen LogP contribution in [0.5, 0.6) is 0 Å². The van der Waals surface area contributed by atoms with Gasteiger partial charge >= 0.3 is 5.97 Å². The number of primary amides is 1. The predicted molar refractivity (Wildman–Crippen MR) is 118 cm³/mol. The second-order valence-electron chi connectivity index (χ2n) is 8.22. The fourth-order valence-corrected chi connectivity index (χ4v) is 2.84. The summed E-state index contributed by atoms with van der Waals surface area (Å²) in [5, 5.41) is 16.6. The second-order valence-corrected chi connectivity index (χ2v) is 8.22. The first-order chi connectivity index (χ1) is 14.9. The number of unbranched alkanes of at least 4 members (excludes halogenated alkanes) is 1. The van der Waals surface area contributed by atoms with Gasteiger partial charge in [0.25, 0.3) is 0 Å². The first-order valence-corrected chi connectivity index (χ1v) is 10.8. The number of carbonyl (C=O) groups is 5. The highest BCUT2D eigenvalue weighted by Gasteiger charge is 2.28. The molecule has 0 aliphatic rings. The van der Waals surface area contributed by atoms with Gasteiger partial charge in [0.2, 0.25) is 23.6 Å². The average Bonchev–Trinajstić information content (AvgIpc) is 2.69. The van der Waals surface area contributed by atoms with Crippen LogP contribution in [0, 0.1) is 5.92 Å². The maximum atomic E-state index is 12.7. The van der Waals surface area contributed by atoms with Crippen LogP contribution in [0.25, 0.3) is 0 Å². The quantitative estimate of drug-likeness (QED) is 0.132. The van der Waals surface area contributed by atoms with Gasteiger partial charge in [0.1, 0.15) is 18.1 Å². The number of rotatable bonds is 16. The van der Waals surface area contributed by atoms with E-state index in [1.807, 2.05) is 13.8 Å². The molecular formula is C20H38N6O6. The number of carboxylic acid groups (broad SMARTS) is 1. The van der Waals surface area contributed by atoms with Crippen molar-refractivity contribution in [1.82, 2.24) is 16.0 Å². The largest absolute Gasteiger partial charge is 0.480 e. The molecule has 0 aliphatic heterocycles. The van der Waals surface area contributed by atoms with E-state index in [1.54, 1.807) is 0 Å². The van der Waals surface area contributed by atoms with Gasteiger partial charge in [-0.25, -0.2) is 4.79 Å². The van der Waals surface area contributed by atoms with Crippen molar-refractivity contribution in [3.63, 3.8) is 0 Å². The van der Waals surface area contributed by atoms with Crippen molar-refractivity contribution >= 4 is 29.6 Å². The third kappa shape index (κ3) is 12.2. The number of nitrogens with one attached hydrogen (secondary N) is 3. The molecule has 184 valence electrons. The molecule has 12 heteroatoms. The lowest BCUT2D eigenvalue weighted by atomic mass is 10.0. The Morgan fingerprint density at radius 1 is 0.844 bits per heavy atom. The summed E-state index contributed by atoms with van der Waals surface area (Å²) in [5.74, 6) is -3.77. The van der Waals surface area contributed by atoms with Gasteiger partial charge < -0.3 is 38.3 Å². The van der Waals surface area contributed by atoms with Crippen molar-refractivity contribution in [2.75, 3.05) is 6.54 Å². The van der Waals surface area contributed by atoms with Crippen LogP contribution in [0.1, 0.15) is 59.3 Å². The van der Waals surface area contributed by atoms with Crippen molar-refractivity contribution in [1.29, 1.82) is 0 Å². The highest BCUT2D eigenvalue weighted by molar-refractivity contribution is 5.94. The first-order valence-electron chi connectivity index (χ1n) is 10.8. The Morgan fingerprint density at radius 2 is 1.44 bits per heavy atom. The number of aliphatic carboxylic acids is 1. The number of amides is 4. The molecular weight excluding hydrogens is 420 g/mol. The molecule has 0 saturated heterocycles. The molecule has 0 aromatic heterocycles. The smallest absolute Gasteiger partial charge is 0.326 e. The Labute approximate surface area is 188 Å². The molecule has 12 nitrogen and oxygen atoms in total. The van der Waals surface area contributed by atoms with Gasteiger partial charge in [-0.15, -0.1) is 0 Å². The van der Waals surface area contributed by atoms with Crippen LogP contribution >= 0.6 is 0 Å². The summed E-state index contributed by atoms with van der Waals surface area (Å²) in [6, 6.07) is -4.11. The van der Waals surface area contributed by atoms with Crippen LogP contribution in [0.4, 0.5) is 0 Å². The van der Waals surface area contributed by atoms with Crippen LogP contribution in [0.2, 0.25) is 0 Å². The summed E-state index contributed by atoms with van der Waals surface area (Å²) in [4.78, 5) is 59.6. The molecule has 4 amide bonds. The van der Waals surface area contributed by atoms with E-state index in [0.29, 0.717) is 25.8 Å². The van der Waals surface area contributed by atoms with E-state index in [0.717, 1.165) is 6.42 Å². The van der Waals surface area contributed by atoms with Gasteiger partial charge in [-0.2, -0.15) is 0 Å². The Bertz CT molecular complexity index is 656. The molecule has 0 spiro atoms. The van der Waals surface area contributed by atoms with Crippen LogP contribution in [0.15, 0.2) is 0 Å². The van der Waals surface area contributed by atoms with Crippen molar-refractivity contribution in [3.05, 3.63) is 0 Å². The van der Waals surface area contributed by atoms with E-state index in [2.05, 4.69) is 16.0 Å². The third-order valence-electron chi connectivity index (χ3n) is 4.69. The van der Waals surface area contributed by atoms with Gasteiger partial charge in [-0.3, -0.25) is 19.2 Å². The molecule has 0 saturated carbocycles. The zero-order valence-electron chi connectivity index (χ0n) is 19.1. The summed E-state index contributed by atoms with van der Waals surface area (Å²) >= 11 is 0. The molecule has 0 aromatic carbocycles.